The van der Waals surface area contributed by atoms with Gasteiger partial charge in [0.15, 0.2) is 5.75 Å². The third-order valence-corrected chi connectivity index (χ3v) is 4.85. The zero-order chi connectivity index (χ0) is 16.8. The van der Waals surface area contributed by atoms with Crippen LogP contribution in [-0.4, -0.2) is 37.7 Å². The lowest BCUT2D eigenvalue weighted by molar-refractivity contribution is -0.385. The first kappa shape index (κ1) is 18.0. The van der Waals surface area contributed by atoms with Gasteiger partial charge in [0.25, 0.3) is 0 Å². The highest BCUT2D eigenvalue weighted by molar-refractivity contribution is 6.31. The van der Waals surface area contributed by atoms with Gasteiger partial charge in [-0.2, -0.15) is 0 Å². The minimum Gasteiger partial charge on any atom is -0.490 e. The van der Waals surface area contributed by atoms with Crippen LogP contribution in [0.2, 0.25) is 5.02 Å². The molecule has 23 heavy (non-hydrogen) atoms. The van der Waals surface area contributed by atoms with Crippen molar-refractivity contribution in [1.82, 2.24) is 10.6 Å². The summed E-state index contributed by atoms with van der Waals surface area (Å²) in [5.41, 5.74) is 0.761. The normalized spacial score (nSPS) is 17.0. The van der Waals surface area contributed by atoms with Gasteiger partial charge >= 0.3 is 5.69 Å². The predicted molar refractivity (Wildman–Crippen MR) is 91.4 cm³/mol. The van der Waals surface area contributed by atoms with Crippen LogP contribution < -0.4 is 15.4 Å². The van der Waals surface area contributed by atoms with Gasteiger partial charge in [-0.25, -0.2) is 0 Å². The van der Waals surface area contributed by atoms with E-state index in [1.165, 1.54) is 26.0 Å². The largest absolute Gasteiger partial charge is 0.490 e. The molecule has 1 aliphatic heterocycles. The monoisotopic (exact) mass is 341 g/mol. The Morgan fingerprint density at radius 1 is 1.48 bits per heavy atom. The molecule has 0 aromatic heterocycles. The number of nitro groups is 1. The van der Waals surface area contributed by atoms with E-state index in [4.69, 9.17) is 16.3 Å². The number of nitro benzene ring substituents is 1. The van der Waals surface area contributed by atoms with E-state index in [1.807, 2.05) is 0 Å². The van der Waals surface area contributed by atoms with E-state index in [9.17, 15) is 10.1 Å². The average Bonchev–Trinajstić information content (AvgIpc) is 2.56. The number of benzene rings is 1. The SMILES string of the molecule is COc1cc(CCNC(C)C2CCNCC2)c(Cl)cc1[N+](=O)[O-]. The number of nitrogens with one attached hydrogen (secondary N) is 2. The number of hydrogen-bond acceptors (Lipinski definition) is 5. The number of hydrogen-bond donors (Lipinski definition) is 2. The standard InChI is InChI=1S/C16H24ClN3O3/c1-11(12-3-6-18-7-4-12)19-8-5-13-9-16(23-2)15(20(21)22)10-14(13)17/h9-12,18-19H,3-8H2,1-2H3. The molecule has 0 aliphatic carbocycles. The van der Waals surface area contributed by atoms with Crippen LogP contribution in [0.25, 0.3) is 0 Å². The van der Waals surface area contributed by atoms with Crippen molar-refractivity contribution in [3.63, 3.8) is 0 Å². The van der Waals surface area contributed by atoms with Gasteiger partial charge in [0.2, 0.25) is 0 Å². The van der Waals surface area contributed by atoms with E-state index in [0.29, 0.717) is 23.4 Å². The molecule has 0 spiro atoms. The molecule has 1 aromatic rings. The van der Waals surface area contributed by atoms with Crippen LogP contribution in [0.4, 0.5) is 5.69 Å². The fourth-order valence-corrected chi connectivity index (χ4v) is 3.28. The molecular formula is C16H24ClN3O3. The minimum absolute atomic E-state index is 0.0997. The van der Waals surface area contributed by atoms with Crippen molar-refractivity contribution in [3.8, 4) is 5.75 Å². The quantitative estimate of drug-likeness (QED) is 0.589. The molecule has 1 aromatic carbocycles. The van der Waals surface area contributed by atoms with E-state index in [0.717, 1.165) is 25.2 Å². The molecule has 7 heteroatoms. The van der Waals surface area contributed by atoms with Gasteiger partial charge in [-0.3, -0.25) is 10.1 Å². The molecule has 128 valence electrons. The molecular weight excluding hydrogens is 318 g/mol. The van der Waals surface area contributed by atoms with Crippen LogP contribution in [0.1, 0.15) is 25.3 Å². The summed E-state index contributed by atoms with van der Waals surface area (Å²) < 4.78 is 5.10. The highest BCUT2D eigenvalue weighted by Crippen LogP contribution is 2.33. The second-order valence-electron chi connectivity index (χ2n) is 5.95. The number of methoxy groups -OCH3 is 1. The lowest BCUT2D eigenvalue weighted by atomic mass is 9.91. The molecule has 6 nitrogen and oxygen atoms in total. The molecule has 1 fully saturated rings. The van der Waals surface area contributed by atoms with Crippen LogP contribution >= 0.6 is 11.6 Å². The van der Waals surface area contributed by atoms with Gasteiger partial charge < -0.3 is 15.4 Å². The zero-order valence-electron chi connectivity index (χ0n) is 13.6. The molecule has 2 N–H and O–H groups in total. The minimum atomic E-state index is -0.480. The second-order valence-corrected chi connectivity index (χ2v) is 6.36. The third kappa shape index (κ3) is 4.80. The summed E-state index contributed by atoms with van der Waals surface area (Å²) >= 11 is 6.17. The topological polar surface area (TPSA) is 76.4 Å². The van der Waals surface area contributed by atoms with Crippen LogP contribution in [0.3, 0.4) is 0 Å². The van der Waals surface area contributed by atoms with E-state index in [2.05, 4.69) is 17.6 Å². The maximum Gasteiger partial charge on any atom is 0.312 e. The van der Waals surface area contributed by atoms with Crippen LogP contribution in [0, 0.1) is 16.0 Å². The highest BCUT2D eigenvalue weighted by atomic mass is 35.5. The zero-order valence-corrected chi connectivity index (χ0v) is 14.4. The van der Waals surface area contributed by atoms with Crippen molar-refractivity contribution < 1.29 is 9.66 Å². The molecule has 0 radical (unpaired) electrons. The molecule has 0 saturated carbocycles. The van der Waals surface area contributed by atoms with Gasteiger partial charge in [0.1, 0.15) is 0 Å². The number of rotatable bonds is 7. The van der Waals surface area contributed by atoms with Crippen LogP contribution in [-0.2, 0) is 6.42 Å². The summed E-state index contributed by atoms with van der Waals surface area (Å²) in [7, 11) is 1.43. The van der Waals surface area contributed by atoms with Gasteiger partial charge in [0, 0.05) is 12.1 Å². The van der Waals surface area contributed by atoms with Crippen molar-refractivity contribution in [2.45, 2.75) is 32.2 Å². The highest BCUT2D eigenvalue weighted by Gasteiger charge is 2.20. The third-order valence-electron chi connectivity index (χ3n) is 4.50. The van der Waals surface area contributed by atoms with Crippen LogP contribution in [0.15, 0.2) is 12.1 Å². The van der Waals surface area contributed by atoms with Gasteiger partial charge in [-0.1, -0.05) is 11.6 Å². The Morgan fingerprint density at radius 2 is 2.17 bits per heavy atom. The first-order valence-corrected chi connectivity index (χ1v) is 8.35. The lowest BCUT2D eigenvalue weighted by Crippen LogP contribution is -2.40. The second kappa shape index (κ2) is 8.47. The Balaban J connectivity index is 1.93. The number of nitrogens with zero attached hydrogens (tertiary/aromatic N) is 1. The van der Waals surface area contributed by atoms with Crippen molar-refractivity contribution in [1.29, 1.82) is 0 Å². The average molecular weight is 342 g/mol. The number of ether oxygens (including phenoxy) is 1. The van der Waals surface area contributed by atoms with Crippen molar-refractivity contribution >= 4 is 17.3 Å². The fraction of sp³-hybridized carbons (Fsp3) is 0.625. The van der Waals surface area contributed by atoms with Crippen molar-refractivity contribution in [3.05, 3.63) is 32.8 Å². The molecule has 1 atom stereocenters. The summed E-state index contributed by atoms with van der Waals surface area (Å²) in [4.78, 5) is 10.5. The Morgan fingerprint density at radius 3 is 2.78 bits per heavy atom. The summed E-state index contributed by atoms with van der Waals surface area (Å²) in [6, 6.07) is 3.49. The fourth-order valence-electron chi connectivity index (χ4n) is 3.03. The Labute approximate surface area is 141 Å². The lowest BCUT2D eigenvalue weighted by Gasteiger charge is -2.29. The Bertz CT molecular complexity index is 548. The first-order chi connectivity index (χ1) is 11.0. The van der Waals surface area contributed by atoms with Gasteiger partial charge in [-0.05, 0) is 63.4 Å². The summed E-state index contributed by atoms with van der Waals surface area (Å²) in [6.07, 6.45) is 3.10. The molecule has 1 aliphatic rings. The summed E-state index contributed by atoms with van der Waals surface area (Å²) in [6.45, 7) is 5.17. The molecule has 1 saturated heterocycles. The van der Waals surface area contributed by atoms with Crippen LogP contribution in [0.5, 0.6) is 5.75 Å². The van der Waals surface area contributed by atoms with E-state index >= 15 is 0 Å². The maximum absolute atomic E-state index is 11.0. The van der Waals surface area contributed by atoms with Gasteiger partial charge in [-0.15, -0.1) is 0 Å². The van der Waals surface area contributed by atoms with E-state index in [-0.39, 0.29) is 11.4 Å². The molecule has 0 amide bonds. The molecule has 1 heterocycles. The maximum atomic E-state index is 11.0. The summed E-state index contributed by atoms with van der Waals surface area (Å²) in [5.74, 6) is 0.943. The Hall–Kier alpha value is -1.37. The molecule has 0 bridgehead atoms. The summed E-state index contributed by atoms with van der Waals surface area (Å²) in [5, 5.41) is 18.3. The molecule has 2 rings (SSSR count). The van der Waals surface area contributed by atoms with E-state index in [1.54, 1.807) is 6.07 Å². The number of piperidine rings is 1. The van der Waals surface area contributed by atoms with Gasteiger partial charge in [0.05, 0.1) is 17.1 Å². The Kier molecular flexibility index (Phi) is 6.62. The van der Waals surface area contributed by atoms with Crippen molar-refractivity contribution in [2.24, 2.45) is 5.92 Å². The smallest absolute Gasteiger partial charge is 0.312 e. The van der Waals surface area contributed by atoms with Crippen molar-refractivity contribution in [2.75, 3.05) is 26.7 Å². The van der Waals surface area contributed by atoms with E-state index < -0.39 is 4.92 Å². The first-order valence-electron chi connectivity index (χ1n) is 7.97. The number of halogens is 1. The predicted octanol–water partition coefficient (Wildman–Crippen LogP) is 2.78. The molecule has 1 unspecified atom stereocenters.